The molecule has 0 aromatic carbocycles. The summed E-state index contributed by atoms with van der Waals surface area (Å²) >= 11 is 0. The first-order valence-corrected chi connectivity index (χ1v) is 9.37. The zero-order valence-corrected chi connectivity index (χ0v) is 15.1. The van der Waals surface area contributed by atoms with Crippen LogP contribution in [0, 0.1) is 17.8 Å². The van der Waals surface area contributed by atoms with Gasteiger partial charge in [0.05, 0.1) is 11.8 Å². The van der Waals surface area contributed by atoms with Gasteiger partial charge in [0.25, 0.3) is 0 Å². The number of esters is 1. The normalized spacial score (nSPS) is 22.8. The Morgan fingerprint density at radius 1 is 1.13 bits per heavy atom. The molecule has 0 spiro atoms. The van der Waals surface area contributed by atoms with Crippen molar-refractivity contribution < 1.29 is 19.4 Å². The Kier molecular flexibility index (Phi) is 9.27. The van der Waals surface area contributed by atoms with Gasteiger partial charge in [-0.05, 0) is 44.4 Å². The van der Waals surface area contributed by atoms with Crippen molar-refractivity contribution in [1.29, 1.82) is 0 Å². The lowest BCUT2D eigenvalue weighted by molar-refractivity contribution is -0.158. The van der Waals surface area contributed by atoms with E-state index >= 15 is 0 Å². The number of ether oxygens (including phenoxy) is 1. The van der Waals surface area contributed by atoms with E-state index in [2.05, 4.69) is 20.8 Å². The molecule has 23 heavy (non-hydrogen) atoms. The maximum atomic E-state index is 12.4. The van der Waals surface area contributed by atoms with Crippen LogP contribution >= 0.6 is 0 Å². The summed E-state index contributed by atoms with van der Waals surface area (Å²) in [4.78, 5) is 23.6. The van der Waals surface area contributed by atoms with Crippen molar-refractivity contribution >= 4 is 11.9 Å². The number of carbonyl (C=O) groups excluding carboxylic acids is 1. The number of unbranched alkanes of at least 4 members (excludes halogenated alkanes) is 3. The summed E-state index contributed by atoms with van der Waals surface area (Å²) < 4.78 is 5.78. The molecule has 134 valence electrons. The van der Waals surface area contributed by atoms with Crippen LogP contribution < -0.4 is 0 Å². The number of hydrogen-bond donors (Lipinski definition) is 1. The highest BCUT2D eigenvalue weighted by molar-refractivity contribution is 5.75. The molecular weight excluding hydrogens is 292 g/mol. The van der Waals surface area contributed by atoms with Gasteiger partial charge in [0.2, 0.25) is 0 Å². The van der Waals surface area contributed by atoms with Gasteiger partial charge in [0, 0.05) is 0 Å². The van der Waals surface area contributed by atoms with Gasteiger partial charge in [-0.15, -0.1) is 0 Å². The van der Waals surface area contributed by atoms with E-state index in [0.717, 1.165) is 32.1 Å². The SMILES string of the molecule is CCCCCCC(CC(C)C)OC(=O)C1CCCC(C(=O)O)C1. The molecule has 1 N–H and O–H groups in total. The number of hydrogen-bond acceptors (Lipinski definition) is 3. The van der Waals surface area contributed by atoms with Crippen LogP contribution in [0.15, 0.2) is 0 Å². The topological polar surface area (TPSA) is 63.6 Å². The molecule has 0 bridgehead atoms. The van der Waals surface area contributed by atoms with E-state index in [1.165, 1.54) is 19.3 Å². The van der Waals surface area contributed by atoms with E-state index in [1.54, 1.807) is 0 Å². The summed E-state index contributed by atoms with van der Waals surface area (Å²) in [6.45, 7) is 6.48. The van der Waals surface area contributed by atoms with Gasteiger partial charge in [-0.2, -0.15) is 0 Å². The standard InChI is InChI=1S/C19H34O4/c1-4-5-6-7-11-17(12-14(2)3)23-19(22)16-10-8-9-15(13-16)18(20)21/h14-17H,4-13H2,1-3H3,(H,20,21). The minimum atomic E-state index is -0.777. The second kappa shape index (κ2) is 10.7. The lowest BCUT2D eigenvalue weighted by Gasteiger charge is -2.27. The molecule has 1 fully saturated rings. The lowest BCUT2D eigenvalue weighted by Crippen LogP contribution is -2.31. The molecule has 4 nitrogen and oxygen atoms in total. The van der Waals surface area contributed by atoms with Gasteiger partial charge in [0.15, 0.2) is 0 Å². The van der Waals surface area contributed by atoms with E-state index in [9.17, 15) is 9.59 Å². The molecule has 0 heterocycles. The first-order valence-electron chi connectivity index (χ1n) is 9.37. The van der Waals surface area contributed by atoms with Crippen LogP contribution in [0.1, 0.15) is 85.0 Å². The second-order valence-electron chi connectivity index (χ2n) is 7.44. The third-order valence-electron chi connectivity index (χ3n) is 4.75. The number of carbonyl (C=O) groups is 2. The molecule has 0 saturated heterocycles. The molecule has 3 unspecified atom stereocenters. The zero-order valence-electron chi connectivity index (χ0n) is 15.1. The van der Waals surface area contributed by atoms with Crippen LogP contribution in [0.4, 0.5) is 0 Å². The maximum absolute atomic E-state index is 12.4. The predicted molar refractivity (Wildman–Crippen MR) is 91.2 cm³/mol. The highest BCUT2D eigenvalue weighted by Crippen LogP contribution is 2.31. The van der Waals surface area contributed by atoms with Gasteiger partial charge in [0.1, 0.15) is 6.10 Å². The van der Waals surface area contributed by atoms with Crippen molar-refractivity contribution in [3.63, 3.8) is 0 Å². The first kappa shape index (κ1) is 20.0. The van der Waals surface area contributed by atoms with Gasteiger partial charge in [-0.1, -0.05) is 46.5 Å². The average Bonchev–Trinajstić information content (AvgIpc) is 2.51. The monoisotopic (exact) mass is 326 g/mol. The van der Waals surface area contributed by atoms with E-state index in [1.807, 2.05) is 0 Å². The minimum absolute atomic E-state index is 0.00967. The van der Waals surface area contributed by atoms with Gasteiger partial charge >= 0.3 is 11.9 Å². The summed E-state index contributed by atoms with van der Waals surface area (Å²) in [5, 5.41) is 9.15. The summed E-state index contributed by atoms with van der Waals surface area (Å²) in [6.07, 6.45) is 9.24. The van der Waals surface area contributed by atoms with Crippen LogP contribution in [0.5, 0.6) is 0 Å². The Balaban J connectivity index is 2.48. The molecule has 0 aromatic heterocycles. The second-order valence-corrected chi connectivity index (χ2v) is 7.44. The van der Waals surface area contributed by atoms with Crippen LogP contribution in [-0.2, 0) is 14.3 Å². The van der Waals surface area contributed by atoms with Crippen molar-refractivity contribution in [3.05, 3.63) is 0 Å². The highest BCUT2D eigenvalue weighted by atomic mass is 16.5. The van der Waals surface area contributed by atoms with E-state index < -0.39 is 5.97 Å². The van der Waals surface area contributed by atoms with Crippen molar-refractivity contribution in [2.45, 2.75) is 91.1 Å². The molecule has 0 amide bonds. The van der Waals surface area contributed by atoms with E-state index in [4.69, 9.17) is 9.84 Å². The molecule has 0 aromatic rings. The first-order chi connectivity index (χ1) is 10.9. The molecule has 0 aliphatic heterocycles. The van der Waals surface area contributed by atoms with Crippen LogP contribution in [0.3, 0.4) is 0 Å². The van der Waals surface area contributed by atoms with Gasteiger partial charge < -0.3 is 9.84 Å². The van der Waals surface area contributed by atoms with Gasteiger partial charge in [-0.3, -0.25) is 9.59 Å². The third kappa shape index (κ3) is 7.85. The summed E-state index contributed by atoms with van der Waals surface area (Å²) in [5.74, 6) is -1.06. The molecular formula is C19H34O4. The summed E-state index contributed by atoms with van der Waals surface area (Å²) in [7, 11) is 0. The van der Waals surface area contributed by atoms with Gasteiger partial charge in [-0.25, -0.2) is 0 Å². The third-order valence-corrected chi connectivity index (χ3v) is 4.75. The average molecular weight is 326 g/mol. The Labute approximate surface area is 141 Å². The summed E-state index contributed by atoms with van der Waals surface area (Å²) in [5.41, 5.74) is 0. The Hall–Kier alpha value is -1.06. The summed E-state index contributed by atoms with van der Waals surface area (Å²) in [6, 6.07) is 0. The van der Waals surface area contributed by atoms with Crippen LogP contribution in [-0.4, -0.2) is 23.1 Å². The molecule has 1 aliphatic carbocycles. The fraction of sp³-hybridized carbons (Fsp3) is 0.895. The molecule has 0 radical (unpaired) electrons. The number of aliphatic carboxylic acids is 1. The molecule has 3 atom stereocenters. The fourth-order valence-electron chi connectivity index (χ4n) is 3.44. The fourth-order valence-corrected chi connectivity index (χ4v) is 3.44. The van der Waals surface area contributed by atoms with E-state index in [0.29, 0.717) is 18.8 Å². The zero-order chi connectivity index (χ0) is 17.2. The predicted octanol–water partition coefficient (Wildman–Crippen LogP) is 4.81. The van der Waals surface area contributed by atoms with Crippen molar-refractivity contribution in [2.24, 2.45) is 17.8 Å². The van der Waals surface area contributed by atoms with Crippen LogP contribution in [0.2, 0.25) is 0 Å². The quantitative estimate of drug-likeness (QED) is 0.462. The maximum Gasteiger partial charge on any atom is 0.309 e. The largest absolute Gasteiger partial charge is 0.481 e. The van der Waals surface area contributed by atoms with Crippen molar-refractivity contribution in [1.82, 2.24) is 0 Å². The number of carboxylic acids is 1. The Morgan fingerprint density at radius 2 is 1.83 bits per heavy atom. The Morgan fingerprint density at radius 3 is 2.43 bits per heavy atom. The van der Waals surface area contributed by atoms with Crippen molar-refractivity contribution in [2.75, 3.05) is 0 Å². The molecule has 1 aliphatic rings. The van der Waals surface area contributed by atoms with E-state index in [-0.39, 0.29) is 23.9 Å². The number of rotatable bonds is 10. The molecule has 1 saturated carbocycles. The number of carboxylic acid groups (broad SMARTS) is 1. The van der Waals surface area contributed by atoms with Crippen molar-refractivity contribution in [3.8, 4) is 0 Å². The smallest absolute Gasteiger partial charge is 0.309 e. The highest BCUT2D eigenvalue weighted by Gasteiger charge is 2.33. The lowest BCUT2D eigenvalue weighted by atomic mass is 9.81. The van der Waals surface area contributed by atoms with Crippen LogP contribution in [0.25, 0.3) is 0 Å². The minimum Gasteiger partial charge on any atom is -0.481 e. The molecule has 1 rings (SSSR count). The molecule has 4 heteroatoms. The Bertz CT molecular complexity index is 364.